The molecule has 0 amide bonds. The molecule has 4 heteroatoms. The fraction of sp³-hybridized carbons (Fsp3) is 0.250. The van der Waals surface area contributed by atoms with Crippen molar-refractivity contribution in [3.63, 3.8) is 0 Å². The van der Waals surface area contributed by atoms with Crippen molar-refractivity contribution < 1.29 is 0 Å². The first kappa shape index (κ1) is 17.0. The van der Waals surface area contributed by atoms with E-state index in [1.54, 1.807) is 0 Å². The van der Waals surface area contributed by atoms with Gasteiger partial charge in [0, 0.05) is 27.2 Å². The molecule has 0 aliphatic carbocycles. The maximum Gasteiger partial charge on any atom is 0.0904 e. The van der Waals surface area contributed by atoms with E-state index >= 15 is 0 Å². The second-order valence-electron chi connectivity index (χ2n) is 7.87. The smallest absolute Gasteiger partial charge is 0.0904 e. The highest BCUT2D eigenvalue weighted by Gasteiger charge is 2.24. The van der Waals surface area contributed by atoms with Gasteiger partial charge in [0.2, 0.25) is 0 Å². The van der Waals surface area contributed by atoms with Gasteiger partial charge < -0.3 is 19.6 Å². The summed E-state index contributed by atoms with van der Waals surface area (Å²) >= 11 is 0. The van der Waals surface area contributed by atoms with E-state index in [4.69, 9.17) is 0 Å². The summed E-state index contributed by atoms with van der Waals surface area (Å²) in [5, 5.41) is 0. The van der Waals surface area contributed by atoms with Gasteiger partial charge in [0.1, 0.15) is 0 Å². The van der Waals surface area contributed by atoms with Gasteiger partial charge in [-0.1, -0.05) is 48.5 Å². The van der Waals surface area contributed by atoms with E-state index in [1.807, 2.05) is 0 Å². The van der Waals surface area contributed by atoms with E-state index < -0.39 is 0 Å². The molecule has 2 aliphatic rings. The molecule has 3 aromatic carbocycles. The van der Waals surface area contributed by atoms with Gasteiger partial charge in [-0.25, -0.2) is 0 Å². The van der Waals surface area contributed by atoms with Crippen LogP contribution in [0.1, 0.15) is 11.1 Å². The average molecular weight is 371 g/mol. The maximum atomic E-state index is 2.45. The van der Waals surface area contributed by atoms with Crippen LogP contribution in [0, 0.1) is 0 Å². The van der Waals surface area contributed by atoms with Crippen molar-refractivity contribution in [2.24, 2.45) is 0 Å². The monoisotopic (exact) mass is 370 g/mol. The largest absolute Gasteiger partial charge is 0.355 e. The van der Waals surface area contributed by atoms with Crippen LogP contribution in [0.5, 0.6) is 0 Å². The van der Waals surface area contributed by atoms with Crippen LogP contribution in [0.2, 0.25) is 0 Å². The van der Waals surface area contributed by atoms with Crippen molar-refractivity contribution in [1.29, 1.82) is 0 Å². The number of hydrogen-bond donors (Lipinski definition) is 0. The fourth-order valence-corrected chi connectivity index (χ4v) is 4.46. The van der Waals surface area contributed by atoms with Gasteiger partial charge >= 0.3 is 0 Å². The number of rotatable bonds is 4. The topological polar surface area (TPSA) is 13.0 Å². The van der Waals surface area contributed by atoms with Gasteiger partial charge in [0.25, 0.3) is 0 Å². The summed E-state index contributed by atoms with van der Waals surface area (Å²) in [6.07, 6.45) is 0. The van der Waals surface area contributed by atoms with Crippen LogP contribution in [0.25, 0.3) is 0 Å². The van der Waals surface area contributed by atoms with Crippen LogP contribution in [-0.2, 0) is 13.1 Å². The zero-order valence-corrected chi connectivity index (χ0v) is 16.5. The van der Waals surface area contributed by atoms with Crippen LogP contribution in [-0.4, -0.2) is 27.4 Å². The molecule has 0 saturated carbocycles. The summed E-state index contributed by atoms with van der Waals surface area (Å²) in [4.78, 5) is 9.53. The lowest BCUT2D eigenvalue weighted by Crippen LogP contribution is -2.28. The van der Waals surface area contributed by atoms with Crippen LogP contribution in [0.3, 0.4) is 0 Å². The number of anilines is 4. The Bertz CT molecular complexity index is 922. The quantitative estimate of drug-likeness (QED) is 0.670. The summed E-state index contributed by atoms with van der Waals surface area (Å²) in [6.45, 7) is 3.75. The Morgan fingerprint density at radius 1 is 0.571 bits per heavy atom. The third-order valence-electron chi connectivity index (χ3n) is 5.77. The molecule has 0 fully saturated rings. The van der Waals surface area contributed by atoms with Gasteiger partial charge in [-0.15, -0.1) is 0 Å². The number of nitrogens with zero attached hydrogens (tertiary/aromatic N) is 4. The Labute approximate surface area is 167 Å². The lowest BCUT2D eigenvalue weighted by Gasteiger charge is -2.22. The van der Waals surface area contributed by atoms with E-state index in [0.717, 1.165) is 26.4 Å². The zero-order chi connectivity index (χ0) is 19.1. The first-order valence-corrected chi connectivity index (χ1v) is 9.87. The zero-order valence-electron chi connectivity index (χ0n) is 16.5. The number of hydrogen-bond acceptors (Lipinski definition) is 4. The van der Waals surface area contributed by atoms with Crippen LogP contribution < -0.4 is 19.6 Å². The number of benzene rings is 3. The molecule has 142 valence electrons. The normalized spacial score (nSPS) is 15.2. The lowest BCUT2D eigenvalue weighted by molar-refractivity contribution is 0.803. The molecular formula is C24H26N4. The van der Waals surface area contributed by atoms with Crippen molar-refractivity contribution in [2.45, 2.75) is 13.1 Å². The van der Waals surface area contributed by atoms with Crippen LogP contribution >= 0.6 is 0 Å². The standard InChI is InChI=1S/C24H26N4/c1-25-17-27(23-12-5-3-10-21(23)25)15-19-8-7-9-20(14-19)16-28-18-26(2)22-11-4-6-13-24(22)28/h3-14H,15-18H2,1-2H3. The highest BCUT2D eigenvalue weighted by Crippen LogP contribution is 2.36. The predicted molar refractivity (Wildman–Crippen MR) is 118 cm³/mol. The van der Waals surface area contributed by atoms with Gasteiger partial charge in [0.15, 0.2) is 0 Å². The Hall–Kier alpha value is -3.14. The maximum absolute atomic E-state index is 2.45. The highest BCUT2D eigenvalue weighted by molar-refractivity contribution is 5.76. The third-order valence-corrected chi connectivity index (χ3v) is 5.77. The van der Waals surface area contributed by atoms with E-state index in [9.17, 15) is 0 Å². The van der Waals surface area contributed by atoms with Crippen molar-refractivity contribution in [1.82, 2.24) is 0 Å². The molecule has 28 heavy (non-hydrogen) atoms. The Balaban J connectivity index is 1.34. The molecule has 0 spiro atoms. The van der Waals surface area contributed by atoms with E-state index in [-0.39, 0.29) is 0 Å². The van der Waals surface area contributed by atoms with E-state index in [1.165, 1.54) is 33.9 Å². The minimum atomic E-state index is 0.936. The van der Waals surface area contributed by atoms with Gasteiger partial charge in [-0.2, -0.15) is 0 Å². The number of para-hydroxylation sites is 4. The molecular weight excluding hydrogens is 344 g/mol. The molecule has 4 nitrogen and oxygen atoms in total. The summed E-state index contributed by atoms with van der Waals surface area (Å²) in [5.74, 6) is 0. The van der Waals surface area contributed by atoms with Crippen LogP contribution in [0.15, 0.2) is 72.8 Å². The Morgan fingerprint density at radius 2 is 1.00 bits per heavy atom. The Morgan fingerprint density at radius 3 is 1.46 bits per heavy atom. The summed E-state index contributed by atoms with van der Waals surface area (Å²) < 4.78 is 0. The first-order valence-electron chi connectivity index (χ1n) is 9.87. The molecule has 0 aromatic heterocycles. The van der Waals surface area contributed by atoms with E-state index in [2.05, 4.69) is 106 Å². The summed E-state index contributed by atoms with van der Waals surface area (Å²) in [7, 11) is 4.33. The van der Waals surface area contributed by atoms with Gasteiger partial charge in [-0.3, -0.25) is 0 Å². The summed E-state index contributed by atoms with van der Waals surface area (Å²) in [6, 6.07) is 26.4. The van der Waals surface area contributed by atoms with Crippen molar-refractivity contribution in [3.8, 4) is 0 Å². The second-order valence-corrected chi connectivity index (χ2v) is 7.87. The molecule has 0 N–H and O–H groups in total. The number of fused-ring (bicyclic) bond motifs is 2. The molecule has 0 bridgehead atoms. The van der Waals surface area contributed by atoms with Crippen molar-refractivity contribution >= 4 is 22.7 Å². The second kappa shape index (κ2) is 6.79. The third kappa shape index (κ3) is 2.95. The fourth-order valence-electron chi connectivity index (χ4n) is 4.46. The van der Waals surface area contributed by atoms with E-state index in [0.29, 0.717) is 0 Å². The molecule has 0 saturated heterocycles. The molecule has 3 aromatic rings. The molecule has 5 rings (SSSR count). The highest BCUT2D eigenvalue weighted by atomic mass is 15.4. The van der Waals surface area contributed by atoms with Crippen LogP contribution in [0.4, 0.5) is 22.7 Å². The predicted octanol–water partition coefficient (Wildman–Crippen LogP) is 4.51. The Kier molecular flexibility index (Phi) is 4.12. The minimum absolute atomic E-state index is 0.936. The molecule has 0 atom stereocenters. The average Bonchev–Trinajstić information content (AvgIpc) is 3.20. The molecule has 2 aliphatic heterocycles. The molecule has 2 heterocycles. The van der Waals surface area contributed by atoms with Gasteiger partial charge in [-0.05, 0) is 35.4 Å². The van der Waals surface area contributed by atoms with Crippen molar-refractivity contribution in [2.75, 3.05) is 47.0 Å². The first-order chi connectivity index (χ1) is 13.7. The molecule has 0 unspecified atom stereocenters. The SMILES string of the molecule is CN1CN(Cc2cccc(CN3CN(C)c4ccccc43)c2)c2ccccc21. The van der Waals surface area contributed by atoms with Crippen molar-refractivity contribution in [3.05, 3.63) is 83.9 Å². The summed E-state index contributed by atoms with van der Waals surface area (Å²) in [5.41, 5.74) is 8.01. The van der Waals surface area contributed by atoms with Gasteiger partial charge in [0.05, 0.1) is 36.1 Å². The lowest BCUT2D eigenvalue weighted by atomic mass is 10.1. The molecule has 0 radical (unpaired) electrons. The minimum Gasteiger partial charge on any atom is -0.355 e.